The third-order valence-corrected chi connectivity index (χ3v) is 4.10. The van der Waals surface area contributed by atoms with Gasteiger partial charge in [0.05, 0.1) is 25.1 Å². The Morgan fingerprint density at radius 1 is 1.16 bits per heavy atom. The van der Waals surface area contributed by atoms with Gasteiger partial charge in [0.1, 0.15) is 0 Å². The summed E-state index contributed by atoms with van der Waals surface area (Å²) >= 11 is 0. The van der Waals surface area contributed by atoms with Gasteiger partial charge in [-0.1, -0.05) is 18.2 Å². The third-order valence-electron chi connectivity index (χ3n) is 4.10. The van der Waals surface area contributed by atoms with Crippen molar-refractivity contribution in [1.82, 2.24) is 19.4 Å². The van der Waals surface area contributed by atoms with Crippen LogP contribution in [0.15, 0.2) is 48.9 Å². The maximum absolute atomic E-state index is 11.4. The Morgan fingerprint density at radius 3 is 2.64 bits per heavy atom. The number of aromatic carboxylic acids is 1. The maximum atomic E-state index is 11.4. The van der Waals surface area contributed by atoms with Crippen LogP contribution in [0.4, 0.5) is 11.5 Å². The summed E-state index contributed by atoms with van der Waals surface area (Å²) in [5, 5.41) is 13.5. The van der Waals surface area contributed by atoms with Crippen LogP contribution in [0.1, 0.15) is 10.5 Å². The number of aromatic nitrogens is 3. The molecule has 128 valence electrons. The molecule has 0 bridgehead atoms. The van der Waals surface area contributed by atoms with E-state index in [0.29, 0.717) is 37.8 Å². The minimum Gasteiger partial charge on any atom is -0.477 e. The van der Waals surface area contributed by atoms with Crippen molar-refractivity contribution in [3.63, 3.8) is 0 Å². The van der Waals surface area contributed by atoms with E-state index in [1.165, 1.54) is 6.20 Å². The van der Waals surface area contributed by atoms with Crippen molar-refractivity contribution in [2.24, 2.45) is 0 Å². The molecule has 2 aromatic heterocycles. The number of carbonyl (C=O) groups is 1. The number of carboxylic acid groups (broad SMARTS) is 1. The van der Waals surface area contributed by atoms with Crippen LogP contribution in [-0.4, -0.2) is 56.8 Å². The summed E-state index contributed by atoms with van der Waals surface area (Å²) in [5.74, 6) is -0.456. The first kappa shape index (κ1) is 15.6. The van der Waals surface area contributed by atoms with Gasteiger partial charge in [-0.2, -0.15) is 0 Å². The highest BCUT2D eigenvalue weighted by Crippen LogP contribution is 2.29. The Hall–Kier alpha value is -2.97. The number of carboxylic acids is 1. The molecule has 25 heavy (non-hydrogen) atoms. The second-order valence-corrected chi connectivity index (χ2v) is 5.61. The summed E-state index contributed by atoms with van der Waals surface area (Å²) in [6.07, 6.45) is 4.57. The number of fused-ring (bicyclic) bond motifs is 1. The van der Waals surface area contributed by atoms with E-state index in [2.05, 4.69) is 15.0 Å². The minimum absolute atomic E-state index is 0.0752. The molecule has 3 aromatic rings. The zero-order valence-electron chi connectivity index (χ0n) is 13.4. The number of hydrogen-bond donors (Lipinski definition) is 1. The van der Waals surface area contributed by atoms with E-state index in [-0.39, 0.29) is 5.69 Å². The highest BCUT2D eigenvalue weighted by molar-refractivity contribution is 5.87. The summed E-state index contributed by atoms with van der Waals surface area (Å²) < 4.78 is 7.00. The quantitative estimate of drug-likeness (QED) is 0.776. The number of benzene rings is 1. The van der Waals surface area contributed by atoms with Crippen molar-refractivity contribution in [3.8, 4) is 0 Å². The first-order chi connectivity index (χ1) is 12.3. The molecular weight excluding hydrogens is 322 g/mol. The van der Waals surface area contributed by atoms with Crippen molar-refractivity contribution < 1.29 is 14.6 Å². The average molecular weight is 339 g/mol. The number of para-hydroxylation sites is 1. The predicted octanol–water partition coefficient (Wildman–Crippen LogP) is 1.81. The lowest BCUT2D eigenvalue weighted by Crippen LogP contribution is -2.47. The van der Waals surface area contributed by atoms with Crippen LogP contribution in [0.5, 0.6) is 0 Å². The number of hydrazine groups is 1. The lowest BCUT2D eigenvalue weighted by atomic mass is 10.3. The van der Waals surface area contributed by atoms with Gasteiger partial charge < -0.3 is 9.84 Å². The van der Waals surface area contributed by atoms with Crippen molar-refractivity contribution in [2.45, 2.75) is 0 Å². The van der Waals surface area contributed by atoms with Crippen LogP contribution < -0.4 is 5.01 Å². The Labute approximate surface area is 143 Å². The molecule has 0 unspecified atom stereocenters. The van der Waals surface area contributed by atoms with Gasteiger partial charge in [0, 0.05) is 25.5 Å². The van der Waals surface area contributed by atoms with E-state index in [4.69, 9.17) is 4.74 Å². The van der Waals surface area contributed by atoms with E-state index in [1.807, 2.05) is 35.3 Å². The highest BCUT2D eigenvalue weighted by Gasteiger charge is 2.25. The molecule has 1 aliphatic heterocycles. The number of rotatable bonds is 4. The molecule has 1 aliphatic rings. The molecule has 0 aliphatic carbocycles. The van der Waals surface area contributed by atoms with Crippen LogP contribution in [0, 0.1) is 0 Å². The lowest BCUT2D eigenvalue weighted by molar-refractivity contribution is 0.0376. The van der Waals surface area contributed by atoms with Crippen LogP contribution in [0.3, 0.4) is 0 Å². The topological polar surface area (TPSA) is 83.2 Å². The molecule has 1 aromatic carbocycles. The molecule has 0 radical (unpaired) electrons. The lowest BCUT2D eigenvalue weighted by Gasteiger charge is -2.38. The van der Waals surface area contributed by atoms with Gasteiger partial charge in [-0.25, -0.2) is 19.8 Å². The second kappa shape index (κ2) is 6.50. The molecule has 0 saturated carbocycles. The van der Waals surface area contributed by atoms with E-state index in [0.717, 1.165) is 5.69 Å². The Kier molecular flexibility index (Phi) is 4.04. The molecule has 4 rings (SSSR count). The van der Waals surface area contributed by atoms with Gasteiger partial charge in [0.25, 0.3) is 0 Å². The third kappa shape index (κ3) is 2.81. The Balaban J connectivity index is 1.88. The molecule has 8 heteroatoms. The average Bonchev–Trinajstić information content (AvgIpc) is 3.13. The van der Waals surface area contributed by atoms with Crippen molar-refractivity contribution in [3.05, 3.63) is 54.6 Å². The highest BCUT2D eigenvalue weighted by atomic mass is 16.5. The summed E-state index contributed by atoms with van der Waals surface area (Å²) in [7, 11) is 0. The van der Waals surface area contributed by atoms with Crippen LogP contribution in [-0.2, 0) is 4.74 Å². The zero-order valence-corrected chi connectivity index (χ0v) is 13.4. The molecular formula is C17H17N5O3. The Morgan fingerprint density at radius 2 is 1.92 bits per heavy atom. The van der Waals surface area contributed by atoms with Crippen LogP contribution >= 0.6 is 0 Å². The first-order valence-corrected chi connectivity index (χ1v) is 7.99. The fourth-order valence-electron chi connectivity index (χ4n) is 2.96. The fraction of sp³-hybridized carbons (Fsp3) is 0.235. The summed E-state index contributed by atoms with van der Waals surface area (Å²) in [5.41, 5.74) is 1.51. The molecule has 8 nitrogen and oxygen atoms in total. The molecule has 1 fully saturated rings. The molecule has 3 heterocycles. The van der Waals surface area contributed by atoms with Crippen molar-refractivity contribution in [2.75, 3.05) is 31.3 Å². The minimum atomic E-state index is -1.04. The molecule has 1 N–H and O–H groups in total. The standard InChI is InChI=1S/C17H17N5O3/c23-17(24)14-12-19-16(15-18-6-7-21(14)15)22(13-4-2-1-3-5-13)20-8-10-25-11-9-20/h1-7,12H,8-11H2,(H,23,24). The van der Waals surface area contributed by atoms with Crippen LogP contribution in [0.2, 0.25) is 0 Å². The molecule has 0 spiro atoms. The first-order valence-electron chi connectivity index (χ1n) is 7.99. The summed E-state index contributed by atoms with van der Waals surface area (Å²) in [6.45, 7) is 2.68. The van der Waals surface area contributed by atoms with E-state index in [9.17, 15) is 9.90 Å². The molecule has 0 amide bonds. The fourth-order valence-corrected chi connectivity index (χ4v) is 2.96. The largest absolute Gasteiger partial charge is 0.477 e. The van der Waals surface area contributed by atoms with Gasteiger partial charge in [0.15, 0.2) is 17.2 Å². The van der Waals surface area contributed by atoms with Gasteiger partial charge in [0.2, 0.25) is 0 Å². The van der Waals surface area contributed by atoms with Crippen molar-refractivity contribution >= 4 is 23.1 Å². The number of nitrogens with zero attached hydrogens (tertiary/aromatic N) is 5. The maximum Gasteiger partial charge on any atom is 0.354 e. The van der Waals surface area contributed by atoms with Gasteiger partial charge in [-0.3, -0.25) is 9.41 Å². The monoisotopic (exact) mass is 339 g/mol. The predicted molar refractivity (Wildman–Crippen MR) is 90.9 cm³/mol. The Bertz CT molecular complexity index is 890. The number of imidazole rings is 1. The normalized spacial score (nSPS) is 15.4. The molecule has 0 atom stereocenters. The SMILES string of the molecule is O=C(O)c1cnc(N(c2ccccc2)N2CCOCC2)c2nccn12. The number of ether oxygens (including phenoxy) is 1. The van der Waals surface area contributed by atoms with E-state index >= 15 is 0 Å². The van der Waals surface area contributed by atoms with E-state index in [1.54, 1.807) is 16.8 Å². The van der Waals surface area contributed by atoms with E-state index < -0.39 is 5.97 Å². The smallest absolute Gasteiger partial charge is 0.354 e. The number of morpholine rings is 1. The van der Waals surface area contributed by atoms with Crippen molar-refractivity contribution in [1.29, 1.82) is 0 Å². The zero-order chi connectivity index (χ0) is 17.2. The van der Waals surface area contributed by atoms with Gasteiger partial charge in [-0.05, 0) is 12.1 Å². The number of hydrogen-bond acceptors (Lipinski definition) is 6. The number of anilines is 2. The summed E-state index contributed by atoms with van der Waals surface area (Å²) in [4.78, 5) is 20.2. The van der Waals surface area contributed by atoms with Gasteiger partial charge in [-0.15, -0.1) is 0 Å². The van der Waals surface area contributed by atoms with Gasteiger partial charge >= 0.3 is 5.97 Å². The molecule has 1 saturated heterocycles. The summed E-state index contributed by atoms with van der Waals surface area (Å²) in [6, 6.07) is 9.84. The second-order valence-electron chi connectivity index (χ2n) is 5.61. The van der Waals surface area contributed by atoms with Crippen LogP contribution in [0.25, 0.3) is 5.65 Å².